The predicted molar refractivity (Wildman–Crippen MR) is 119 cm³/mol. The van der Waals surface area contributed by atoms with E-state index in [9.17, 15) is 19.2 Å². The standard InChI is InChI=1S/C22H24N2O7S/c25-19(26)10-9-18(20(27)28)24-22(30)23-12-11-14-3-7-17(8-4-14)31-21(29)16-5-1-15(13-32)2-6-16/h1-8,18,32H,9-13H2,(H,25,26)(H,27,28)(H2,23,24,30)/t18-/m0/s1. The van der Waals surface area contributed by atoms with E-state index >= 15 is 0 Å². The monoisotopic (exact) mass is 460 g/mol. The first-order chi connectivity index (χ1) is 15.3. The number of hydrogen-bond donors (Lipinski definition) is 5. The van der Waals surface area contributed by atoms with E-state index in [1.54, 1.807) is 48.5 Å². The fourth-order valence-electron chi connectivity index (χ4n) is 2.69. The van der Waals surface area contributed by atoms with Crippen molar-refractivity contribution in [2.45, 2.75) is 31.1 Å². The maximum atomic E-state index is 12.2. The van der Waals surface area contributed by atoms with Crippen molar-refractivity contribution < 1.29 is 34.1 Å². The summed E-state index contributed by atoms with van der Waals surface area (Å²) in [7, 11) is 0. The van der Waals surface area contributed by atoms with Crippen molar-refractivity contribution in [1.82, 2.24) is 10.6 Å². The van der Waals surface area contributed by atoms with Crippen LogP contribution in [0.15, 0.2) is 48.5 Å². The number of aliphatic carboxylic acids is 2. The number of carboxylic acids is 2. The van der Waals surface area contributed by atoms with Crippen molar-refractivity contribution in [2.75, 3.05) is 6.54 Å². The molecule has 0 radical (unpaired) electrons. The molecule has 4 N–H and O–H groups in total. The number of carboxylic acid groups (broad SMARTS) is 2. The normalized spacial score (nSPS) is 11.3. The highest BCUT2D eigenvalue weighted by molar-refractivity contribution is 7.79. The SMILES string of the molecule is O=C(O)CC[C@H](NC(=O)NCCc1ccc(OC(=O)c2ccc(CS)cc2)cc1)C(=O)O. The van der Waals surface area contributed by atoms with Gasteiger partial charge in [-0.15, -0.1) is 0 Å². The van der Waals surface area contributed by atoms with Crippen LogP contribution in [-0.2, 0) is 21.8 Å². The molecule has 2 amide bonds. The second-order valence-corrected chi connectivity index (χ2v) is 7.18. The van der Waals surface area contributed by atoms with Gasteiger partial charge in [-0.25, -0.2) is 14.4 Å². The Bertz CT molecular complexity index is 946. The molecule has 2 aromatic carbocycles. The second kappa shape index (κ2) is 12.4. The van der Waals surface area contributed by atoms with E-state index in [0.717, 1.165) is 11.1 Å². The lowest BCUT2D eigenvalue weighted by atomic mass is 10.1. The molecule has 0 saturated carbocycles. The molecule has 0 aliphatic carbocycles. The average molecular weight is 461 g/mol. The summed E-state index contributed by atoms with van der Waals surface area (Å²) >= 11 is 4.17. The second-order valence-electron chi connectivity index (χ2n) is 6.86. The van der Waals surface area contributed by atoms with Gasteiger partial charge in [0.2, 0.25) is 0 Å². The van der Waals surface area contributed by atoms with Crippen molar-refractivity contribution in [1.29, 1.82) is 0 Å². The lowest BCUT2D eigenvalue weighted by Gasteiger charge is -2.14. The van der Waals surface area contributed by atoms with Crippen molar-refractivity contribution in [3.63, 3.8) is 0 Å². The third-order valence-electron chi connectivity index (χ3n) is 4.46. The van der Waals surface area contributed by atoms with Crippen molar-refractivity contribution in [2.24, 2.45) is 0 Å². The van der Waals surface area contributed by atoms with Gasteiger partial charge in [-0.2, -0.15) is 12.6 Å². The van der Waals surface area contributed by atoms with Crippen LogP contribution in [0.3, 0.4) is 0 Å². The van der Waals surface area contributed by atoms with Crippen LogP contribution in [0.1, 0.15) is 34.3 Å². The number of benzene rings is 2. The largest absolute Gasteiger partial charge is 0.481 e. The number of amides is 2. The topological polar surface area (TPSA) is 142 Å². The number of hydrogen-bond acceptors (Lipinski definition) is 6. The Kier molecular flexibility index (Phi) is 9.55. The van der Waals surface area contributed by atoms with Crippen LogP contribution < -0.4 is 15.4 Å². The minimum Gasteiger partial charge on any atom is -0.481 e. The molecule has 32 heavy (non-hydrogen) atoms. The molecule has 2 rings (SSSR count). The Labute approximate surface area is 190 Å². The van der Waals surface area contributed by atoms with Gasteiger partial charge in [-0.1, -0.05) is 24.3 Å². The van der Waals surface area contributed by atoms with E-state index in [4.69, 9.17) is 14.9 Å². The fraction of sp³-hybridized carbons (Fsp3) is 0.273. The first kappa shape index (κ1) is 24.7. The molecule has 9 nitrogen and oxygen atoms in total. The molecule has 0 aliphatic heterocycles. The minimum atomic E-state index is -1.30. The Morgan fingerprint density at radius 3 is 2.12 bits per heavy atom. The summed E-state index contributed by atoms with van der Waals surface area (Å²) in [5, 5.41) is 22.5. The van der Waals surface area contributed by atoms with Gasteiger partial charge >= 0.3 is 23.9 Å². The summed E-state index contributed by atoms with van der Waals surface area (Å²) in [6.45, 7) is 0.230. The van der Waals surface area contributed by atoms with Gasteiger partial charge in [-0.3, -0.25) is 4.79 Å². The summed E-state index contributed by atoms with van der Waals surface area (Å²) in [5.74, 6) is -1.95. The van der Waals surface area contributed by atoms with Crippen LogP contribution in [0.25, 0.3) is 0 Å². The van der Waals surface area contributed by atoms with E-state index in [-0.39, 0.29) is 19.4 Å². The summed E-state index contributed by atoms with van der Waals surface area (Å²) in [4.78, 5) is 45.7. The smallest absolute Gasteiger partial charge is 0.343 e. The molecule has 0 heterocycles. The number of nitrogens with one attached hydrogen (secondary N) is 2. The van der Waals surface area contributed by atoms with Gasteiger partial charge in [0.1, 0.15) is 11.8 Å². The van der Waals surface area contributed by atoms with Crippen LogP contribution >= 0.6 is 12.6 Å². The summed E-state index contributed by atoms with van der Waals surface area (Å²) in [6.07, 6.45) is -0.119. The van der Waals surface area contributed by atoms with E-state index in [2.05, 4.69) is 23.3 Å². The highest BCUT2D eigenvalue weighted by Gasteiger charge is 2.20. The lowest BCUT2D eigenvalue weighted by Crippen LogP contribution is -2.46. The third-order valence-corrected chi connectivity index (χ3v) is 4.82. The molecular weight excluding hydrogens is 436 g/mol. The highest BCUT2D eigenvalue weighted by atomic mass is 32.1. The van der Waals surface area contributed by atoms with Crippen LogP contribution in [0.4, 0.5) is 4.79 Å². The maximum absolute atomic E-state index is 12.2. The summed E-state index contributed by atoms with van der Waals surface area (Å²) < 4.78 is 5.34. The van der Waals surface area contributed by atoms with Crippen LogP contribution in [0.5, 0.6) is 5.75 Å². The summed E-state index contributed by atoms with van der Waals surface area (Å²) in [6, 6.07) is 11.8. The average Bonchev–Trinajstić information content (AvgIpc) is 2.77. The van der Waals surface area contributed by atoms with E-state index < -0.39 is 30.0 Å². The van der Waals surface area contributed by atoms with Gasteiger partial charge in [0.25, 0.3) is 0 Å². The zero-order valence-corrected chi connectivity index (χ0v) is 18.0. The Hall–Kier alpha value is -3.53. The Balaban J connectivity index is 1.78. The molecule has 0 spiro atoms. The number of ether oxygens (including phenoxy) is 1. The maximum Gasteiger partial charge on any atom is 0.343 e. The van der Waals surface area contributed by atoms with Crippen molar-refractivity contribution in [3.8, 4) is 5.75 Å². The van der Waals surface area contributed by atoms with E-state index in [0.29, 0.717) is 23.5 Å². The van der Waals surface area contributed by atoms with Crippen LogP contribution in [-0.4, -0.2) is 46.7 Å². The van der Waals surface area contributed by atoms with Crippen molar-refractivity contribution in [3.05, 3.63) is 65.2 Å². The van der Waals surface area contributed by atoms with E-state index in [1.165, 1.54) is 0 Å². The molecule has 170 valence electrons. The number of rotatable bonds is 11. The molecule has 1 atom stereocenters. The Morgan fingerprint density at radius 2 is 1.56 bits per heavy atom. The molecule has 2 aromatic rings. The molecular formula is C22H24N2O7S. The number of thiol groups is 1. The quantitative estimate of drug-likeness (QED) is 0.197. The van der Waals surface area contributed by atoms with Crippen LogP contribution in [0, 0.1) is 0 Å². The first-order valence-electron chi connectivity index (χ1n) is 9.78. The molecule has 0 saturated heterocycles. The number of carbonyl (C=O) groups is 4. The lowest BCUT2D eigenvalue weighted by molar-refractivity contribution is -0.140. The zero-order chi connectivity index (χ0) is 23.5. The Morgan fingerprint density at radius 1 is 0.938 bits per heavy atom. The van der Waals surface area contributed by atoms with Gasteiger partial charge < -0.3 is 25.6 Å². The number of carbonyl (C=O) groups excluding carboxylic acids is 2. The third kappa shape index (κ3) is 8.31. The van der Waals surface area contributed by atoms with Crippen LogP contribution in [0.2, 0.25) is 0 Å². The first-order valence-corrected chi connectivity index (χ1v) is 10.4. The molecule has 0 unspecified atom stereocenters. The number of esters is 1. The van der Waals surface area contributed by atoms with Gasteiger partial charge in [0, 0.05) is 18.7 Å². The number of urea groups is 1. The van der Waals surface area contributed by atoms with E-state index in [1.807, 2.05) is 0 Å². The molecule has 10 heteroatoms. The highest BCUT2D eigenvalue weighted by Crippen LogP contribution is 2.15. The van der Waals surface area contributed by atoms with Gasteiger partial charge in [0.15, 0.2) is 0 Å². The summed E-state index contributed by atoms with van der Waals surface area (Å²) in [5.41, 5.74) is 2.29. The van der Waals surface area contributed by atoms with Gasteiger partial charge in [0.05, 0.1) is 5.56 Å². The predicted octanol–water partition coefficient (Wildman–Crippen LogP) is 2.50. The minimum absolute atomic E-state index is 0.211. The van der Waals surface area contributed by atoms with Gasteiger partial charge in [-0.05, 0) is 48.2 Å². The molecule has 0 fully saturated rings. The molecule has 0 bridgehead atoms. The molecule has 0 aromatic heterocycles. The zero-order valence-electron chi connectivity index (χ0n) is 17.1. The van der Waals surface area contributed by atoms with Crippen molar-refractivity contribution >= 4 is 36.6 Å². The fourth-order valence-corrected chi connectivity index (χ4v) is 2.90. The molecule has 0 aliphatic rings.